The predicted molar refractivity (Wildman–Crippen MR) is 84.8 cm³/mol. The van der Waals surface area contributed by atoms with Crippen LogP contribution in [-0.4, -0.2) is 28.4 Å². The average molecular weight is 362 g/mol. The number of hydrogen-bond donors (Lipinski definition) is 2. The number of halogens is 3. The van der Waals surface area contributed by atoms with E-state index in [1.807, 2.05) is 0 Å². The smallest absolute Gasteiger partial charge is 0.363 e. The Balaban J connectivity index is 2.07. The SMILES string of the molecule is CNc1nnc(S[C@H](C)C(=O)Nc2ccccc2C(F)(F)F)s1. The molecule has 0 unspecified atom stereocenters. The Kier molecular flexibility index (Phi) is 5.47. The Hall–Kier alpha value is -1.81. The van der Waals surface area contributed by atoms with Gasteiger partial charge in [-0.2, -0.15) is 13.2 Å². The van der Waals surface area contributed by atoms with Crippen LogP contribution < -0.4 is 10.6 Å². The quantitative estimate of drug-likeness (QED) is 0.794. The van der Waals surface area contributed by atoms with Gasteiger partial charge in [-0.3, -0.25) is 4.79 Å². The molecular weight excluding hydrogens is 349 g/mol. The van der Waals surface area contributed by atoms with E-state index in [2.05, 4.69) is 20.8 Å². The van der Waals surface area contributed by atoms with Crippen LogP contribution in [0.3, 0.4) is 0 Å². The average Bonchev–Trinajstić information content (AvgIpc) is 2.94. The lowest BCUT2D eigenvalue weighted by Crippen LogP contribution is -2.24. The van der Waals surface area contributed by atoms with E-state index in [0.717, 1.165) is 17.8 Å². The summed E-state index contributed by atoms with van der Waals surface area (Å²) in [7, 11) is 1.69. The number of nitrogens with zero attached hydrogens (tertiary/aromatic N) is 2. The Morgan fingerprint density at radius 1 is 1.30 bits per heavy atom. The van der Waals surface area contributed by atoms with Crippen LogP contribution in [0.2, 0.25) is 0 Å². The van der Waals surface area contributed by atoms with Gasteiger partial charge in [-0.25, -0.2) is 0 Å². The van der Waals surface area contributed by atoms with E-state index < -0.39 is 22.9 Å². The van der Waals surface area contributed by atoms with Gasteiger partial charge < -0.3 is 10.6 Å². The number of rotatable bonds is 5. The van der Waals surface area contributed by atoms with E-state index in [-0.39, 0.29) is 5.69 Å². The van der Waals surface area contributed by atoms with Crippen molar-refractivity contribution in [1.29, 1.82) is 0 Å². The van der Waals surface area contributed by atoms with Crippen molar-refractivity contribution in [2.24, 2.45) is 0 Å². The van der Waals surface area contributed by atoms with Gasteiger partial charge in [-0.1, -0.05) is 35.2 Å². The number of aromatic nitrogens is 2. The second-order valence-electron chi connectivity index (χ2n) is 4.42. The summed E-state index contributed by atoms with van der Waals surface area (Å²) in [5.74, 6) is -0.534. The van der Waals surface area contributed by atoms with Gasteiger partial charge in [0.2, 0.25) is 11.0 Å². The number of thioether (sulfide) groups is 1. The number of amides is 1. The Morgan fingerprint density at radius 2 is 2.00 bits per heavy atom. The summed E-state index contributed by atoms with van der Waals surface area (Å²) in [6.07, 6.45) is -4.53. The lowest BCUT2D eigenvalue weighted by atomic mass is 10.1. The van der Waals surface area contributed by atoms with Gasteiger partial charge >= 0.3 is 6.18 Å². The highest BCUT2D eigenvalue weighted by atomic mass is 32.2. The fourth-order valence-electron chi connectivity index (χ4n) is 1.64. The van der Waals surface area contributed by atoms with Crippen molar-refractivity contribution in [3.05, 3.63) is 29.8 Å². The molecule has 2 aromatic rings. The molecule has 0 aliphatic heterocycles. The van der Waals surface area contributed by atoms with Crippen LogP contribution in [0.15, 0.2) is 28.6 Å². The minimum absolute atomic E-state index is 0.259. The van der Waals surface area contributed by atoms with Gasteiger partial charge in [0, 0.05) is 7.05 Å². The molecule has 0 aliphatic carbocycles. The molecule has 0 aliphatic rings. The van der Waals surface area contributed by atoms with Crippen molar-refractivity contribution in [1.82, 2.24) is 10.2 Å². The number of para-hydroxylation sites is 1. The maximum Gasteiger partial charge on any atom is 0.418 e. The van der Waals surface area contributed by atoms with Gasteiger partial charge in [0.25, 0.3) is 0 Å². The van der Waals surface area contributed by atoms with Gasteiger partial charge in [0.15, 0.2) is 4.34 Å². The Labute approximate surface area is 138 Å². The van der Waals surface area contributed by atoms with Gasteiger partial charge in [-0.15, -0.1) is 10.2 Å². The zero-order valence-electron chi connectivity index (χ0n) is 12.1. The van der Waals surface area contributed by atoms with Crippen LogP contribution >= 0.6 is 23.1 Å². The molecule has 0 fully saturated rings. The molecule has 5 nitrogen and oxygen atoms in total. The largest absolute Gasteiger partial charge is 0.418 e. The zero-order chi connectivity index (χ0) is 17.0. The Morgan fingerprint density at radius 3 is 2.61 bits per heavy atom. The number of carbonyl (C=O) groups is 1. The molecule has 10 heteroatoms. The van der Waals surface area contributed by atoms with Crippen molar-refractivity contribution in [3.8, 4) is 0 Å². The molecule has 0 spiro atoms. The van der Waals surface area contributed by atoms with Gasteiger partial charge in [0.05, 0.1) is 16.5 Å². The first-order valence-electron chi connectivity index (χ1n) is 6.46. The van der Waals surface area contributed by atoms with E-state index >= 15 is 0 Å². The molecular formula is C13H13F3N4OS2. The number of anilines is 2. The summed E-state index contributed by atoms with van der Waals surface area (Å²) in [5, 5.41) is 12.8. The minimum atomic E-state index is -4.53. The first-order chi connectivity index (χ1) is 10.8. The topological polar surface area (TPSA) is 66.9 Å². The standard InChI is InChI=1S/C13H13F3N4OS2/c1-7(22-12-20-19-11(17-2)23-12)10(21)18-9-6-4-3-5-8(9)13(14,15)16/h3-7H,1-2H3,(H,17,19)(H,18,21)/t7-/m1/s1. The normalized spacial score (nSPS) is 12.7. The van der Waals surface area contributed by atoms with Crippen LogP contribution in [-0.2, 0) is 11.0 Å². The van der Waals surface area contributed by atoms with Gasteiger partial charge in [0.1, 0.15) is 0 Å². The fourth-order valence-corrected chi connectivity index (χ4v) is 3.49. The van der Waals surface area contributed by atoms with E-state index in [0.29, 0.717) is 9.47 Å². The molecule has 1 aromatic carbocycles. The highest BCUT2D eigenvalue weighted by molar-refractivity contribution is 8.02. The second-order valence-corrected chi connectivity index (χ2v) is 6.98. The van der Waals surface area contributed by atoms with Gasteiger partial charge in [-0.05, 0) is 19.1 Å². The molecule has 1 amide bonds. The molecule has 0 bridgehead atoms. The maximum atomic E-state index is 12.9. The highest BCUT2D eigenvalue weighted by Crippen LogP contribution is 2.35. The number of alkyl halides is 3. The number of carbonyl (C=O) groups excluding carboxylic acids is 1. The summed E-state index contributed by atoms with van der Waals surface area (Å²) < 4.78 is 39.3. The molecule has 2 rings (SSSR count). The monoisotopic (exact) mass is 362 g/mol. The lowest BCUT2D eigenvalue weighted by molar-refractivity contribution is -0.137. The van der Waals surface area contributed by atoms with E-state index in [9.17, 15) is 18.0 Å². The highest BCUT2D eigenvalue weighted by Gasteiger charge is 2.34. The van der Waals surface area contributed by atoms with E-state index in [1.54, 1.807) is 14.0 Å². The minimum Gasteiger partial charge on any atom is -0.363 e. The van der Waals surface area contributed by atoms with Crippen LogP contribution in [0, 0.1) is 0 Å². The Bertz CT molecular complexity index is 690. The third-order valence-electron chi connectivity index (χ3n) is 2.76. The molecule has 23 heavy (non-hydrogen) atoms. The molecule has 1 aromatic heterocycles. The molecule has 1 atom stereocenters. The molecule has 2 N–H and O–H groups in total. The molecule has 0 saturated heterocycles. The van der Waals surface area contributed by atoms with Crippen molar-refractivity contribution >= 4 is 39.8 Å². The second kappa shape index (κ2) is 7.18. The fraction of sp³-hybridized carbons (Fsp3) is 0.308. The van der Waals surface area contributed by atoms with Crippen LogP contribution in [0.5, 0.6) is 0 Å². The van der Waals surface area contributed by atoms with Crippen molar-refractivity contribution < 1.29 is 18.0 Å². The molecule has 0 saturated carbocycles. The van der Waals surface area contributed by atoms with Crippen molar-refractivity contribution in [2.75, 3.05) is 17.7 Å². The summed E-state index contributed by atoms with van der Waals surface area (Å²) >= 11 is 2.39. The number of nitrogens with one attached hydrogen (secondary N) is 2. The molecule has 124 valence electrons. The maximum absolute atomic E-state index is 12.9. The molecule has 0 radical (unpaired) electrons. The summed E-state index contributed by atoms with van der Waals surface area (Å²) in [6, 6.07) is 4.86. The lowest BCUT2D eigenvalue weighted by Gasteiger charge is -2.15. The van der Waals surface area contributed by atoms with Crippen molar-refractivity contribution in [2.45, 2.75) is 22.7 Å². The third-order valence-corrected chi connectivity index (χ3v) is 4.88. The first kappa shape index (κ1) is 17.5. The van der Waals surface area contributed by atoms with Crippen LogP contribution in [0.25, 0.3) is 0 Å². The van der Waals surface area contributed by atoms with E-state index in [1.165, 1.54) is 29.5 Å². The molecule has 1 heterocycles. The van der Waals surface area contributed by atoms with E-state index in [4.69, 9.17) is 0 Å². The first-order valence-corrected chi connectivity index (χ1v) is 8.16. The summed E-state index contributed by atoms with van der Waals surface area (Å²) in [5.41, 5.74) is -1.13. The summed E-state index contributed by atoms with van der Waals surface area (Å²) in [4.78, 5) is 12.1. The number of benzene rings is 1. The third kappa shape index (κ3) is 4.58. The van der Waals surface area contributed by atoms with Crippen LogP contribution in [0.1, 0.15) is 12.5 Å². The predicted octanol–water partition coefficient (Wildman–Crippen LogP) is 3.72. The van der Waals surface area contributed by atoms with Crippen LogP contribution in [0.4, 0.5) is 24.0 Å². The zero-order valence-corrected chi connectivity index (χ0v) is 13.8. The summed E-state index contributed by atoms with van der Waals surface area (Å²) in [6.45, 7) is 1.59. The number of hydrogen-bond acceptors (Lipinski definition) is 6. The van der Waals surface area contributed by atoms with Crippen molar-refractivity contribution in [3.63, 3.8) is 0 Å².